The first-order valence-corrected chi connectivity index (χ1v) is 11.1. The summed E-state index contributed by atoms with van der Waals surface area (Å²) in [5, 5.41) is 4.86. The van der Waals surface area contributed by atoms with E-state index in [4.69, 9.17) is 4.74 Å². The first-order valence-electron chi connectivity index (χ1n) is 11.1. The van der Waals surface area contributed by atoms with Crippen molar-refractivity contribution < 1.29 is 18.7 Å². The second kappa shape index (κ2) is 8.15. The number of nitrogens with one attached hydrogen (secondary N) is 1. The highest BCUT2D eigenvalue weighted by atomic mass is 19.1. The number of nitrogens with zero attached hydrogens (tertiary/aromatic N) is 2. The molecule has 3 aromatic rings. The van der Waals surface area contributed by atoms with Crippen LogP contribution in [0.1, 0.15) is 30.9 Å². The molecule has 1 aliphatic heterocycles. The van der Waals surface area contributed by atoms with Gasteiger partial charge in [-0.3, -0.25) is 9.69 Å². The summed E-state index contributed by atoms with van der Waals surface area (Å²) in [6.45, 7) is 2.50. The van der Waals surface area contributed by atoms with E-state index in [9.17, 15) is 14.0 Å². The highest BCUT2D eigenvalue weighted by Gasteiger charge is 2.50. The van der Waals surface area contributed by atoms with Gasteiger partial charge in [-0.2, -0.15) is 0 Å². The van der Waals surface area contributed by atoms with E-state index in [0.29, 0.717) is 12.6 Å². The lowest BCUT2D eigenvalue weighted by atomic mass is 9.90. The number of carbonyl (C=O) groups is 2. The van der Waals surface area contributed by atoms with Gasteiger partial charge in [0.15, 0.2) is 0 Å². The predicted molar refractivity (Wildman–Crippen MR) is 123 cm³/mol. The highest BCUT2D eigenvalue weighted by Crippen LogP contribution is 2.34. The van der Waals surface area contributed by atoms with Gasteiger partial charge >= 0.3 is 6.03 Å². The van der Waals surface area contributed by atoms with E-state index in [1.807, 2.05) is 36.4 Å². The number of hydrogen-bond donors (Lipinski definition) is 1. The van der Waals surface area contributed by atoms with Crippen molar-refractivity contribution in [2.75, 3.05) is 13.8 Å². The zero-order valence-electron chi connectivity index (χ0n) is 18.7. The molecule has 1 aliphatic carbocycles. The van der Waals surface area contributed by atoms with Crippen LogP contribution in [0.5, 0.6) is 5.75 Å². The molecule has 6 nitrogen and oxygen atoms in total. The van der Waals surface area contributed by atoms with Crippen LogP contribution in [0.3, 0.4) is 0 Å². The summed E-state index contributed by atoms with van der Waals surface area (Å²) in [7, 11) is 1.62. The molecule has 1 heterocycles. The number of imide groups is 1. The molecular weight excluding hydrogens is 421 g/mol. The third-order valence-electron chi connectivity index (χ3n) is 6.58. The maximum absolute atomic E-state index is 13.5. The van der Waals surface area contributed by atoms with Crippen molar-refractivity contribution in [2.24, 2.45) is 0 Å². The molecule has 0 radical (unpaired) electrons. The van der Waals surface area contributed by atoms with E-state index in [1.54, 1.807) is 26.2 Å². The van der Waals surface area contributed by atoms with Gasteiger partial charge in [0.25, 0.3) is 5.91 Å². The van der Waals surface area contributed by atoms with E-state index < -0.39 is 11.6 Å². The largest absolute Gasteiger partial charge is 0.497 e. The Morgan fingerprint density at radius 2 is 1.76 bits per heavy atom. The van der Waals surface area contributed by atoms with Crippen LogP contribution in [0.4, 0.5) is 9.18 Å². The van der Waals surface area contributed by atoms with Gasteiger partial charge in [0.1, 0.15) is 17.1 Å². The molecule has 1 saturated heterocycles. The minimum atomic E-state index is -1.14. The molecule has 0 aromatic heterocycles. The molecule has 3 amide bonds. The van der Waals surface area contributed by atoms with Crippen LogP contribution in [0.25, 0.3) is 10.8 Å². The van der Waals surface area contributed by atoms with Crippen molar-refractivity contribution in [3.63, 3.8) is 0 Å². The summed E-state index contributed by atoms with van der Waals surface area (Å²) >= 11 is 0. The standard InChI is InChI=1S/C26H26FN3O3/c1-26(20-7-5-19-14-23(33-2)12-6-18(19)13-20)24(31)30(25(32)28-26)16-29(22-10-11-22)15-17-3-8-21(27)9-4-17/h3-9,12-14,22H,10-11,15-16H2,1-2H3,(H,28,32). The molecule has 170 valence electrons. The Morgan fingerprint density at radius 3 is 2.45 bits per heavy atom. The fraction of sp³-hybridized carbons (Fsp3) is 0.308. The summed E-state index contributed by atoms with van der Waals surface area (Å²) in [5.41, 5.74) is 0.539. The molecule has 33 heavy (non-hydrogen) atoms. The van der Waals surface area contributed by atoms with Crippen LogP contribution in [-0.2, 0) is 16.9 Å². The third kappa shape index (κ3) is 4.04. The maximum Gasteiger partial charge on any atom is 0.326 e. The average Bonchev–Trinajstić information content (AvgIpc) is 3.64. The number of methoxy groups -OCH3 is 1. The Balaban J connectivity index is 1.38. The van der Waals surface area contributed by atoms with Crippen LogP contribution < -0.4 is 10.1 Å². The second-order valence-corrected chi connectivity index (χ2v) is 8.96. The number of urea groups is 1. The lowest BCUT2D eigenvalue weighted by Gasteiger charge is -2.27. The summed E-state index contributed by atoms with van der Waals surface area (Å²) < 4.78 is 18.6. The van der Waals surface area contributed by atoms with Gasteiger partial charge < -0.3 is 10.1 Å². The zero-order chi connectivity index (χ0) is 23.2. The van der Waals surface area contributed by atoms with Crippen molar-refractivity contribution in [3.8, 4) is 5.75 Å². The first kappa shape index (κ1) is 21.4. The van der Waals surface area contributed by atoms with Gasteiger partial charge in [-0.15, -0.1) is 0 Å². The van der Waals surface area contributed by atoms with Crippen molar-refractivity contribution in [3.05, 3.63) is 77.6 Å². The van der Waals surface area contributed by atoms with E-state index in [1.165, 1.54) is 17.0 Å². The number of fused-ring (bicyclic) bond motifs is 1. The number of halogens is 1. The fourth-order valence-electron chi connectivity index (χ4n) is 4.42. The molecule has 0 spiro atoms. The van der Waals surface area contributed by atoms with Gasteiger partial charge in [-0.1, -0.05) is 30.3 Å². The zero-order valence-corrected chi connectivity index (χ0v) is 18.7. The van der Waals surface area contributed by atoms with Gasteiger partial charge in [0.05, 0.1) is 13.8 Å². The monoisotopic (exact) mass is 447 g/mol. The van der Waals surface area contributed by atoms with E-state index in [2.05, 4.69) is 10.2 Å². The minimum Gasteiger partial charge on any atom is -0.497 e. The van der Waals surface area contributed by atoms with E-state index in [-0.39, 0.29) is 18.4 Å². The summed E-state index contributed by atoms with van der Waals surface area (Å²) in [6.07, 6.45) is 2.05. The molecule has 2 fully saturated rings. The minimum absolute atomic E-state index is 0.201. The van der Waals surface area contributed by atoms with Crippen LogP contribution in [0.15, 0.2) is 60.7 Å². The van der Waals surface area contributed by atoms with Crippen molar-refractivity contribution in [1.29, 1.82) is 0 Å². The lowest BCUT2D eigenvalue weighted by molar-refractivity contribution is -0.132. The Bertz CT molecular complexity index is 1230. The maximum atomic E-state index is 13.5. The van der Waals surface area contributed by atoms with E-state index >= 15 is 0 Å². The molecule has 2 aliphatic rings. The fourth-order valence-corrected chi connectivity index (χ4v) is 4.42. The van der Waals surface area contributed by atoms with Crippen LogP contribution >= 0.6 is 0 Å². The van der Waals surface area contributed by atoms with E-state index in [0.717, 1.165) is 40.5 Å². The summed E-state index contributed by atoms with van der Waals surface area (Å²) in [4.78, 5) is 29.8. The topological polar surface area (TPSA) is 61.9 Å². The number of hydrogen-bond acceptors (Lipinski definition) is 4. The molecule has 1 saturated carbocycles. The normalized spacial score (nSPS) is 20.5. The molecule has 0 bridgehead atoms. The first-order chi connectivity index (χ1) is 15.9. The summed E-state index contributed by atoms with van der Waals surface area (Å²) in [6, 6.07) is 17.8. The van der Waals surface area contributed by atoms with Crippen molar-refractivity contribution in [2.45, 2.75) is 37.9 Å². The molecule has 7 heteroatoms. The smallest absolute Gasteiger partial charge is 0.326 e. The van der Waals surface area contributed by atoms with Gasteiger partial charge in [-0.25, -0.2) is 14.1 Å². The number of amides is 3. The van der Waals surface area contributed by atoms with Crippen LogP contribution in [-0.4, -0.2) is 41.6 Å². The predicted octanol–water partition coefficient (Wildman–Crippen LogP) is 4.38. The highest BCUT2D eigenvalue weighted by molar-refractivity contribution is 6.07. The quantitative estimate of drug-likeness (QED) is 0.546. The Labute approximate surface area is 191 Å². The Morgan fingerprint density at radius 1 is 1.06 bits per heavy atom. The molecule has 1 atom stereocenters. The van der Waals surface area contributed by atoms with Gasteiger partial charge in [0, 0.05) is 12.6 Å². The van der Waals surface area contributed by atoms with Crippen LogP contribution in [0.2, 0.25) is 0 Å². The molecule has 5 rings (SSSR count). The Hall–Kier alpha value is -3.45. The molecule has 3 aromatic carbocycles. The van der Waals surface area contributed by atoms with Crippen LogP contribution in [0, 0.1) is 5.82 Å². The SMILES string of the molecule is COc1ccc2cc(C3(C)NC(=O)N(CN(Cc4ccc(F)cc4)C4CC4)C3=O)ccc2c1. The van der Waals surface area contributed by atoms with Crippen molar-refractivity contribution >= 4 is 22.7 Å². The molecule has 1 N–H and O–H groups in total. The number of rotatable bonds is 7. The number of carbonyl (C=O) groups excluding carboxylic acids is 2. The molecule has 1 unspecified atom stereocenters. The van der Waals surface area contributed by atoms with Crippen molar-refractivity contribution in [1.82, 2.24) is 15.1 Å². The molecular formula is C26H26FN3O3. The van der Waals surface area contributed by atoms with Gasteiger partial charge in [-0.05, 0) is 72.0 Å². The number of benzene rings is 3. The van der Waals surface area contributed by atoms with Gasteiger partial charge in [0.2, 0.25) is 0 Å². The second-order valence-electron chi connectivity index (χ2n) is 8.96. The Kier molecular flexibility index (Phi) is 5.29. The summed E-state index contributed by atoms with van der Waals surface area (Å²) in [5.74, 6) is 0.208. The third-order valence-corrected chi connectivity index (χ3v) is 6.58. The number of ether oxygens (including phenoxy) is 1. The lowest BCUT2D eigenvalue weighted by Crippen LogP contribution is -2.44. The average molecular weight is 448 g/mol.